The number of carbonyl (C=O) groups excluding carboxylic acids is 1. The first-order valence-corrected chi connectivity index (χ1v) is 13.2. The molecule has 6 rings (SSSR count). The maximum atomic E-state index is 13.4. The van der Waals surface area contributed by atoms with Crippen LogP contribution in [0.3, 0.4) is 0 Å². The lowest BCUT2D eigenvalue weighted by atomic mass is 10.1. The van der Waals surface area contributed by atoms with Crippen molar-refractivity contribution in [2.75, 3.05) is 46.5 Å². The molecule has 2 unspecified atom stereocenters. The molecule has 0 spiro atoms. The van der Waals surface area contributed by atoms with Crippen LogP contribution in [0.15, 0.2) is 55.2 Å². The SMILES string of the molecule is COc1nc2ccccc2cc1-c1cnc(C2CN(CC3CCOC3)CCN2C(=O)CCn2ccnc2)[nH]1. The van der Waals surface area contributed by atoms with Gasteiger partial charge >= 0.3 is 0 Å². The van der Waals surface area contributed by atoms with E-state index in [0.717, 1.165) is 67.3 Å². The third kappa shape index (κ3) is 5.14. The molecule has 2 atom stereocenters. The van der Waals surface area contributed by atoms with Crippen LogP contribution >= 0.6 is 0 Å². The summed E-state index contributed by atoms with van der Waals surface area (Å²) in [6.07, 6.45) is 8.70. The van der Waals surface area contributed by atoms with Crippen molar-refractivity contribution in [2.24, 2.45) is 5.92 Å². The van der Waals surface area contributed by atoms with Crippen LogP contribution < -0.4 is 4.74 Å². The number of ether oxygens (including phenoxy) is 2. The number of hydrogen-bond acceptors (Lipinski definition) is 7. The molecule has 5 heterocycles. The number of hydrogen-bond donors (Lipinski definition) is 1. The molecule has 0 saturated carbocycles. The molecule has 38 heavy (non-hydrogen) atoms. The number of nitrogens with zero attached hydrogens (tertiary/aromatic N) is 6. The smallest absolute Gasteiger partial charge is 0.225 e. The molecule has 1 amide bonds. The number of para-hydroxylation sites is 1. The van der Waals surface area contributed by atoms with E-state index in [2.05, 4.69) is 20.9 Å². The minimum atomic E-state index is -0.172. The number of fused-ring (bicyclic) bond motifs is 1. The maximum absolute atomic E-state index is 13.4. The molecule has 2 saturated heterocycles. The highest BCUT2D eigenvalue weighted by Gasteiger charge is 2.34. The normalized spacial score (nSPS) is 20.3. The van der Waals surface area contributed by atoms with Gasteiger partial charge in [-0.3, -0.25) is 9.69 Å². The summed E-state index contributed by atoms with van der Waals surface area (Å²) in [7, 11) is 1.63. The molecule has 10 heteroatoms. The van der Waals surface area contributed by atoms with Crippen LogP contribution in [0.5, 0.6) is 5.88 Å². The van der Waals surface area contributed by atoms with Gasteiger partial charge in [-0.15, -0.1) is 0 Å². The molecule has 0 bridgehead atoms. The van der Waals surface area contributed by atoms with E-state index in [-0.39, 0.29) is 11.9 Å². The molecular formula is C28H33N7O3. The summed E-state index contributed by atoms with van der Waals surface area (Å²) < 4.78 is 13.2. The summed E-state index contributed by atoms with van der Waals surface area (Å²) in [6.45, 7) is 5.47. The monoisotopic (exact) mass is 515 g/mol. The van der Waals surface area contributed by atoms with Crippen LogP contribution in [0, 0.1) is 5.92 Å². The maximum Gasteiger partial charge on any atom is 0.225 e. The predicted molar refractivity (Wildman–Crippen MR) is 143 cm³/mol. The van der Waals surface area contributed by atoms with Crippen molar-refractivity contribution in [3.8, 4) is 17.1 Å². The molecule has 2 fully saturated rings. The molecule has 2 aliphatic rings. The second kappa shape index (κ2) is 10.9. The number of imidazole rings is 2. The number of nitrogens with one attached hydrogen (secondary N) is 1. The number of aromatic nitrogens is 5. The average Bonchev–Trinajstić information content (AvgIpc) is 3.74. The van der Waals surface area contributed by atoms with Crippen molar-refractivity contribution in [3.63, 3.8) is 0 Å². The zero-order valence-corrected chi connectivity index (χ0v) is 21.6. The van der Waals surface area contributed by atoms with Gasteiger partial charge in [-0.2, -0.15) is 0 Å². The van der Waals surface area contributed by atoms with Gasteiger partial charge < -0.3 is 23.9 Å². The summed E-state index contributed by atoms with van der Waals surface area (Å²) >= 11 is 0. The molecule has 0 radical (unpaired) electrons. The third-order valence-corrected chi connectivity index (χ3v) is 7.55. The number of aryl methyl sites for hydroxylation is 1. The summed E-state index contributed by atoms with van der Waals surface area (Å²) in [5.41, 5.74) is 2.54. The van der Waals surface area contributed by atoms with E-state index in [1.807, 2.05) is 46.1 Å². The Morgan fingerprint density at radius 3 is 3.00 bits per heavy atom. The summed E-state index contributed by atoms with van der Waals surface area (Å²) in [6, 6.07) is 9.87. The fourth-order valence-corrected chi connectivity index (χ4v) is 5.51. The number of aromatic amines is 1. The number of rotatable bonds is 8. The van der Waals surface area contributed by atoms with Gasteiger partial charge in [0.25, 0.3) is 0 Å². The third-order valence-electron chi connectivity index (χ3n) is 7.55. The van der Waals surface area contributed by atoms with Crippen molar-refractivity contribution in [1.82, 2.24) is 34.3 Å². The standard InChI is InChI=1S/C28H33N7O3/c1-37-28-22(14-21-4-2-3-5-23(21)32-28)24-15-30-27(31-24)25-17-34(16-20-7-13-38-18-20)11-12-35(25)26(36)6-9-33-10-8-29-19-33/h2-5,8,10,14-15,19-20,25H,6-7,9,11-13,16-18H2,1H3,(H,30,31). The lowest BCUT2D eigenvalue weighted by molar-refractivity contribution is -0.137. The molecule has 1 N–H and O–H groups in total. The molecule has 0 aliphatic carbocycles. The molecule has 198 valence electrons. The van der Waals surface area contributed by atoms with Crippen molar-refractivity contribution in [1.29, 1.82) is 0 Å². The van der Waals surface area contributed by atoms with Gasteiger partial charge in [0.15, 0.2) is 0 Å². The van der Waals surface area contributed by atoms with Gasteiger partial charge in [-0.05, 0) is 24.5 Å². The highest BCUT2D eigenvalue weighted by atomic mass is 16.5. The van der Waals surface area contributed by atoms with E-state index >= 15 is 0 Å². The van der Waals surface area contributed by atoms with E-state index in [4.69, 9.17) is 19.4 Å². The molecular weight excluding hydrogens is 482 g/mol. The predicted octanol–water partition coefficient (Wildman–Crippen LogP) is 3.14. The Kier molecular flexibility index (Phi) is 7.06. The number of H-pyrrole nitrogens is 1. The van der Waals surface area contributed by atoms with E-state index < -0.39 is 0 Å². The van der Waals surface area contributed by atoms with Gasteiger partial charge in [0, 0.05) is 63.5 Å². The largest absolute Gasteiger partial charge is 0.480 e. The average molecular weight is 516 g/mol. The first kappa shape index (κ1) is 24.6. The van der Waals surface area contributed by atoms with Gasteiger partial charge in [0.05, 0.1) is 43.0 Å². The molecule has 4 aromatic rings. The number of amides is 1. The second-order valence-electron chi connectivity index (χ2n) is 10.1. The Bertz CT molecular complexity index is 1380. The zero-order valence-electron chi connectivity index (χ0n) is 21.6. The van der Waals surface area contributed by atoms with Crippen molar-refractivity contribution >= 4 is 16.8 Å². The Hall–Kier alpha value is -3.76. The Labute approximate surface area is 221 Å². The second-order valence-corrected chi connectivity index (χ2v) is 10.1. The quantitative estimate of drug-likeness (QED) is 0.385. The van der Waals surface area contributed by atoms with Gasteiger partial charge in [-0.25, -0.2) is 15.0 Å². The minimum Gasteiger partial charge on any atom is -0.480 e. The highest BCUT2D eigenvalue weighted by molar-refractivity contribution is 5.85. The minimum absolute atomic E-state index is 0.121. The number of piperazine rings is 1. The zero-order chi connectivity index (χ0) is 25.9. The summed E-state index contributed by atoms with van der Waals surface area (Å²) in [5.74, 6) is 1.98. The summed E-state index contributed by atoms with van der Waals surface area (Å²) in [4.78, 5) is 34.9. The van der Waals surface area contributed by atoms with E-state index in [1.165, 1.54) is 0 Å². The Balaban J connectivity index is 1.27. The van der Waals surface area contributed by atoms with Crippen LogP contribution in [0.4, 0.5) is 0 Å². The molecule has 2 aliphatic heterocycles. The molecule has 3 aromatic heterocycles. The van der Waals surface area contributed by atoms with Crippen molar-refractivity contribution in [2.45, 2.75) is 25.4 Å². The lowest BCUT2D eigenvalue weighted by Gasteiger charge is -2.41. The van der Waals surface area contributed by atoms with Gasteiger partial charge in [0.2, 0.25) is 11.8 Å². The first-order valence-electron chi connectivity index (χ1n) is 13.2. The molecule has 10 nitrogen and oxygen atoms in total. The van der Waals surface area contributed by atoms with E-state index in [9.17, 15) is 4.79 Å². The van der Waals surface area contributed by atoms with E-state index in [0.29, 0.717) is 31.3 Å². The Morgan fingerprint density at radius 2 is 2.18 bits per heavy atom. The van der Waals surface area contributed by atoms with Crippen LogP contribution in [0.25, 0.3) is 22.2 Å². The first-order chi connectivity index (χ1) is 18.7. The number of carbonyl (C=O) groups is 1. The number of pyridine rings is 1. The Morgan fingerprint density at radius 1 is 1.26 bits per heavy atom. The van der Waals surface area contributed by atoms with Crippen LogP contribution in [0.1, 0.15) is 24.7 Å². The lowest BCUT2D eigenvalue weighted by Crippen LogP contribution is -2.52. The number of methoxy groups -OCH3 is 1. The summed E-state index contributed by atoms with van der Waals surface area (Å²) in [5, 5.41) is 1.03. The number of benzene rings is 1. The van der Waals surface area contributed by atoms with Gasteiger partial charge in [0.1, 0.15) is 11.9 Å². The van der Waals surface area contributed by atoms with Crippen molar-refractivity contribution in [3.05, 3.63) is 61.1 Å². The fourth-order valence-electron chi connectivity index (χ4n) is 5.51. The van der Waals surface area contributed by atoms with Crippen molar-refractivity contribution < 1.29 is 14.3 Å². The van der Waals surface area contributed by atoms with Crippen LogP contribution in [-0.4, -0.2) is 86.7 Å². The highest BCUT2D eigenvalue weighted by Crippen LogP contribution is 2.33. The van der Waals surface area contributed by atoms with Crippen LogP contribution in [-0.2, 0) is 16.1 Å². The topological polar surface area (TPSA) is 101 Å². The molecule has 1 aromatic carbocycles. The fraction of sp³-hybridized carbons (Fsp3) is 0.429. The van der Waals surface area contributed by atoms with Gasteiger partial charge in [-0.1, -0.05) is 18.2 Å². The van der Waals surface area contributed by atoms with E-state index in [1.54, 1.807) is 19.6 Å². The van der Waals surface area contributed by atoms with Crippen LogP contribution in [0.2, 0.25) is 0 Å².